The first kappa shape index (κ1) is 11.5. The van der Waals surface area contributed by atoms with Gasteiger partial charge < -0.3 is 11.1 Å². The normalized spacial score (nSPS) is 15.9. The van der Waals surface area contributed by atoms with Crippen LogP contribution in [0.5, 0.6) is 0 Å². The fourth-order valence-corrected chi connectivity index (χ4v) is 2.96. The molecule has 1 aromatic rings. The summed E-state index contributed by atoms with van der Waals surface area (Å²) >= 11 is 1.79. The van der Waals surface area contributed by atoms with E-state index in [0.717, 1.165) is 17.8 Å². The molecule has 1 aromatic heterocycles. The highest BCUT2D eigenvalue weighted by atomic mass is 32.1. The van der Waals surface area contributed by atoms with Gasteiger partial charge in [-0.2, -0.15) is 0 Å². The van der Waals surface area contributed by atoms with Crippen LogP contribution in [0.2, 0.25) is 0 Å². The molecule has 3 N–H and O–H groups in total. The van der Waals surface area contributed by atoms with Crippen LogP contribution in [0.3, 0.4) is 0 Å². The largest absolute Gasteiger partial charge is 0.354 e. The first-order chi connectivity index (χ1) is 7.66. The summed E-state index contributed by atoms with van der Waals surface area (Å²) in [6.45, 7) is 2.32. The molecule has 0 spiro atoms. The van der Waals surface area contributed by atoms with E-state index in [1.807, 2.05) is 0 Å². The zero-order valence-corrected chi connectivity index (χ0v) is 10.3. The highest BCUT2D eigenvalue weighted by Crippen LogP contribution is 2.27. The number of hydrogen-bond donors (Lipinski definition) is 2. The Hall–Kier alpha value is -0.940. The van der Waals surface area contributed by atoms with Crippen LogP contribution < -0.4 is 11.1 Å². The first-order valence-corrected chi connectivity index (χ1v) is 6.49. The molecule has 2 rings (SSSR count). The van der Waals surface area contributed by atoms with Crippen LogP contribution in [-0.4, -0.2) is 23.5 Å². The van der Waals surface area contributed by atoms with E-state index in [1.54, 1.807) is 18.3 Å². The summed E-state index contributed by atoms with van der Waals surface area (Å²) in [6.07, 6.45) is 4.36. The Kier molecular flexibility index (Phi) is 3.56. The molecule has 1 amide bonds. The molecule has 5 heteroatoms. The molecule has 1 unspecified atom stereocenters. The van der Waals surface area contributed by atoms with Crippen molar-refractivity contribution >= 4 is 17.2 Å². The number of aryl methyl sites for hydroxylation is 2. The predicted octanol–water partition coefficient (Wildman–Crippen LogP) is 0.638. The van der Waals surface area contributed by atoms with Crippen LogP contribution in [0.4, 0.5) is 0 Å². The second-order valence-electron chi connectivity index (χ2n) is 4.16. The van der Waals surface area contributed by atoms with E-state index >= 15 is 0 Å². The number of nitrogens with one attached hydrogen (secondary N) is 1. The molecular weight excluding hydrogens is 222 g/mol. The second-order valence-corrected chi connectivity index (χ2v) is 5.33. The lowest BCUT2D eigenvalue weighted by atomic mass is 10.3. The molecule has 1 aliphatic carbocycles. The maximum Gasteiger partial charge on any atom is 0.236 e. The van der Waals surface area contributed by atoms with Crippen LogP contribution in [-0.2, 0) is 24.1 Å². The fraction of sp³-hybridized carbons (Fsp3) is 0.636. The van der Waals surface area contributed by atoms with Gasteiger partial charge in [-0.25, -0.2) is 4.98 Å². The van der Waals surface area contributed by atoms with E-state index in [0.29, 0.717) is 6.54 Å². The molecule has 1 aliphatic rings. The molecule has 16 heavy (non-hydrogen) atoms. The van der Waals surface area contributed by atoms with Gasteiger partial charge in [-0.05, 0) is 26.2 Å². The molecular formula is C11H17N3OS. The summed E-state index contributed by atoms with van der Waals surface area (Å²) in [6, 6.07) is -0.429. The Bertz CT molecular complexity index is 365. The summed E-state index contributed by atoms with van der Waals surface area (Å²) in [7, 11) is 0. The average molecular weight is 239 g/mol. The zero-order chi connectivity index (χ0) is 11.5. The van der Waals surface area contributed by atoms with Gasteiger partial charge in [-0.1, -0.05) is 0 Å². The Balaban J connectivity index is 1.79. The van der Waals surface area contributed by atoms with Gasteiger partial charge in [0.15, 0.2) is 0 Å². The maximum atomic E-state index is 11.2. The number of hydrogen-bond acceptors (Lipinski definition) is 4. The van der Waals surface area contributed by atoms with Gasteiger partial charge in [0.25, 0.3) is 0 Å². The molecule has 1 atom stereocenters. The minimum Gasteiger partial charge on any atom is -0.354 e. The average Bonchev–Trinajstić information content (AvgIpc) is 2.77. The van der Waals surface area contributed by atoms with Gasteiger partial charge in [0.2, 0.25) is 5.91 Å². The van der Waals surface area contributed by atoms with Gasteiger partial charge >= 0.3 is 0 Å². The van der Waals surface area contributed by atoms with E-state index in [9.17, 15) is 4.79 Å². The lowest BCUT2D eigenvalue weighted by molar-refractivity contribution is -0.121. The summed E-state index contributed by atoms with van der Waals surface area (Å²) in [5, 5.41) is 3.93. The number of carbonyl (C=O) groups excluding carboxylic acids is 1. The van der Waals surface area contributed by atoms with Crippen molar-refractivity contribution < 1.29 is 4.79 Å². The number of nitrogens with two attached hydrogens (primary N) is 1. The molecule has 0 radical (unpaired) electrons. The van der Waals surface area contributed by atoms with Gasteiger partial charge in [-0.15, -0.1) is 11.3 Å². The lowest BCUT2D eigenvalue weighted by Crippen LogP contribution is -2.39. The number of thiazole rings is 1. The van der Waals surface area contributed by atoms with E-state index in [1.165, 1.54) is 23.4 Å². The van der Waals surface area contributed by atoms with Crippen molar-refractivity contribution in [1.29, 1.82) is 0 Å². The monoisotopic (exact) mass is 239 g/mol. The van der Waals surface area contributed by atoms with Crippen molar-refractivity contribution in [2.75, 3.05) is 6.54 Å². The quantitative estimate of drug-likeness (QED) is 0.810. The highest BCUT2D eigenvalue weighted by Gasteiger charge is 2.16. The van der Waals surface area contributed by atoms with Gasteiger partial charge in [0, 0.05) is 17.8 Å². The topological polar surface area (TPSA) is 68.0 Å². The summed E-state index contributed by atoms with van der Waals surface area (Å²) in [5.74, 6) is -0.0934. The maximum absolute atomic E-state index is 11.2. The standard InChI is InChI=1S/C11H17N3OS/c1-7(12)11(15)13-6-5-10-14-8-3-2-4-9(8)16-10/h7H,2-6,12H2,1H3,(H,13,15). The Morgan fingerprint density at radius 1 is 1.62 bits per heavy atom. The van der Waals surface area contributed by atoms with E-state index in [4.69, 9.17) is 5.73 Å². The number of amides is 1. The van der Waals surface area contributed by atoms with Crippen molar-refractivity contribution in [3.8, 4) is 0 Å². The summed E-state index contributed by atoms with van der Waals surface area (Å²) in [5.41, 5.74) is 6.73. The number of nitrogens with zero attached hydrogens (tertiary/aromatic N) is 1. The van der Waals surface area contributed by atoms with Crippen LogP contribution in [0.25, 0.3) is 0 Å². The van der Waals surface area contributed by atoms with Crippen molar-refractivity contribution in [2.24, 2.45) is 5.73 Å². The Morgan fingerprint density at radius 3 is 3.12 bits per heavy atom. The van der Waals surface area contributed by atoms with E-state index in [2.05, 4.69) is 10.3 Å². The fourth-order valence-electron chi connectivity index (χ4n) is 1.80. The number of aromatic nitrogens is 1. The molecule has 0 aromatic carbocycles. The zero-order valence-electron chi connectivity index (χ0n) is 9.45. The molecule has 0 fully saturated rings. The summed E-state index contributed by atoms with van der Waals surface area (Å²) < 4.78 is 0. The molecule has 88 valence electrons. The van der Waals surface area contributed by atoms with Crippen molar-refractivity contribution in [3.63, 3.8) is 0 Å². The SMILES string of the molecule is CC(N)C(=O)NCCc1nc2c(s1)CCC2. The molecule has 0 bridgehead atoms. The smallest absolute Gasteiger partial charge is 0.236 e. The van der Waals surface area contributed by atoms with E-state index in [-0.39, 0.29) is 5.91 Å². The molecule has 4 nitrogen and oxygen atoms in total. The molecule has 1 heterocycles. The number of fused-ring (bicyclic) bond motifs is 1. The summed E-state index contributed by atoms with van der Waals surface area (Å²) in [4.78, 5) is 17.2. The first-order valence-electron chi connectivity index (χ1n) is 5.67. The third-order valence-corrected chi connectivity index (χ3v) is 3.91. The Labute approximate surface area is 99.3 Å². The van der Waals surface area contributed by atoms with Gasteiger partial charge in [-0.3, -0.25) is 4.79 Å². The van der Waals surface area contributed by atoms with Crippen molar-refractivity contribution in [2.45, 2.75) is 38.6 Å². The highest BCUT2D eigenvalue weighted by molar-refractivity contribution is 7.11. The third-order valence-electron chi connectivity index (χ3n) is 2.69. The van der Waals surface area contributed by atoms with Crippen LogP contribution >= 0.6 is 11.3 Å². The minimum atomic E-state index is -0.429. The second kappa shape index (κ2) is 4.93. The number of rotatable bonds is 4. The predicted molar refractivity (Wildman–Crippen MR) is 64.5 cm³/mol. The van der Waals surface area contributed by atoms with Crippen LogP contribution in [0.1, 0.15) is 28.9 Å². The van der Waals surface area contributed by atoms with Crippen LogP contribution in [0, 0.1) is 0 Å². The lowest BCUT2D eigenvalue weighted by Gasteiger charge is -2.05. The molecule has 0 aliphatic heterocycles. The van der Waals surface area contributed by atoms with E-state index < -0.39 is 6.04 Å². The van der Waals surface area contributed by atoms with Crippen LogP contribution in [0.15, 0.2) is 0 Å². The minimum absolute atomic E-state index is 0.0934. The molecule has 0 saturated heterocycles. The number of carbonyl (C=O) groups is 1. The Morgan fingerprint density at radius 2 is 2.44 bits per heavy atom. The molecule has 0 saturated carbocycles. The van der Waals surface area contributed by atoms with Crippen molar-refractivity contribution in [3.05, 3.63) is 15.6 Å². The van der Waals surface area contributed by atoms with Gasteiger partial charge in [0.1, 0.15) is 0 Å². The van der Waals surface area contributed by atoms with Crippen molar-refractivity contribution in [1.82, 2.24) is 10.3 Å². The third kappa shape index (κ3) is 2.59. The van der Waals surface area contributed by atoms with Gasteiger partial charge in [0.05, 0.1) is 16.7 Å².